The SMILES string of the molecule is CCC1(C)CN(C(=O)Cn2c(=O)cnc3ccccc32)CCO1. The van der Waals surface area contributed by atoms with Crippen LogP contribution in [0.1, 0.15) is 20.3 Å². The van der Waals surface area contributed by atoms with Crippen LogP contribution in [0, 0.1) is 0 Å². The van der Waals surface area contributed by atoms with Crippen LogP contribution in [-0.2, 0) is 16.1 Å². The molecule has 1 unspecified atom stereocenters. The molecule has 1 fully saturated rings. The number of para-hydroxylation sites is 2. The summed E-state index contributed by atoms with van der Waals surface area (Å²) in [7, 11) is 0. The fourth-order valence-electron chi connectivity index (χ4n) is 2.87. The zero-order valence-corrected chi connectivity index (χ0v) is 13.5. The first-order chi connectivity index (χ1) is 11.0. The molecule has 23 heavy (non-hydrogen) atoms. The van der Waals surface area contributed by atoms with Crippen LogP contribution >= 0.6 is 0 Å². The molecule has 6 heteroatoms. The Morgan fingerprint density at radius 3 is 2.96 bits per heavy atom. The van der Waals surface area contributed by atoms with Crippen LogP contribution in [0.5, 0.6) is 0 Å². The molecule has 0 radical (unpaired) electrons. The maximum absolute atomic E-state index is 12.7. The van der Waals surface area contributed by atoms with Crippen LogP contribution in [0.25, 0.3) is 11.0 Å². The molecule has 1 atom stereocenters. The van der Waals surface area contributed by atoms with E-state index in [1.165, 1.54) is 10.8 Å². The molecule has 3 rings (SSSR count). The fraction of sp³-hybridized carbons (Fsp3) is 0.471. The average molecular weight is 315 g/mol. The summed E-state index contributed by atoms with van der Waals surface area (Å²) in [5.41, 5.74) is 0.822. The molecule has 1 amide bonds. The molecule has 122 valence electrons. The van der Waals surface area contributed by atoms with Crippen molar-refractivity contribution in [3.05, 3.63) is 40.8 Å². The van der Waals surface area contributed by atoms with Gasteiger partial charge in [0.25, 0.3) is 5.56 Å². The van der Waals surface area contributed by atoms with Gasteiger partial charge in [0.2, 0.25) is 5.91 Å². The zero-order valence-electron chi connectivity index (χ0n) is 13.5. The van der Waals surface area contributed by atoms with Crippen molar-refractivity contribution in [3.8, 4) is 0 Å². The largest absolute Gasteiger partial charge is 0.372 e. The monoisotopic (exact) mass is 315 g/mol. The Morgan fingerprint density at radius 2 is 2.17 bits per heavy atom. The van der Waals surface area contributed by atoms with Gasteiger partial charge < -0.3 is 9.64 Å². The lowest BCUT2D eigenvalue weighted by Crippen LogP contribution is -2.52. The number of amides is 1. The van der Waals surface area contributed by atoms with E-state index in [2.05, 4.69) is 11.9 Å². The molecule has 1 aliphatic rings. The van der Waals surface area contributed by atoms with Gasteiger partial charge in [-0.05, 0) is 25.5 Å². The second-order valence-corrected chi connectivity index (χ2v) is 6.14. The Hall–Kier alpha value is -2.21. The lowest BCUT2D eigenvalue weighted by atomic mass is 10.0. The Labute approximate surface area is 134 Å². The van der Waals surface area contributed by atoms with E-state index >= 15 is 0 Å². The van der Waals surface area contributed by atoms with Gasteiger partial charge in [0, 0.05) is 13.1 Å². The Kier molecular flexibility index (Phi) is 4.17. The zero-order chi connectivity index (χ0) is 16.4. The normalized spacial score (nSPS) is 21.6. The average Bonchev–Trinajstić information content (AvgIpc) is 2.57. The molecular weight excluding hydrogens is 294 g/mol. The number of nitrogens with zero attached hydrogens (tertiary/aromatic N) is 3. The number of ether oxygens (including phenoxy) is 1. The molecule has 1 saturated heterocycles. The van der Waals surface area contributed by atoms with Gasteiger partial charge in [0.1, 0.15) is 6.54 Å². The molecule has 0 saturated carbocycles. The summed E-state index contributed by atoms with van der Waals surface area (Å²) in [5.74, 6) is -0.0635. The number of hydrogen-bond acceptors (Lipinski definition) is 4. The highest BCUT2D eigenvalue weighted by Gasteiger charge is 2.32. The smallest absolute Gasteiger partial charge is 0.269 e. The number of hydrogen-bond donors (Lipinski definition) is 0. The topological polar surface area (TPSA) is 64.4 Å². The van der Waals surface area contributed by atoms with Crippen LogP contribution in [0.2, 0.25) is 0 Å². The molecule has 2 heterocycles. The number of rotatable bonds is 3. The minimum absolute atomic E-state index is 0.0294. The van der Waals surface area contributed by atoms with Gasteiger partial charge in [-0.3, -0.25) is 14.2 Å². The fourth-order valence-corrected chi connectivity index (χ4v) is 2.87. The van der Waals surface area contributed by atoms with E-state index in [1.54, 1.807) is 4.90 Å². The van der Waals surface area contributed by atoms with Crippen molar-refractivity contribution < 1.29 is 9.53 Å². The first-order valence-corrected chi connectivity index (χ1v) is 7.89. The first kappa shape index (κ1) is 15.7. The number of benzene rings is 1. The summed E-state index contributed by atoms with van der Waals surface area (Å²) in [6, 6.07) is 7.35. The lowest BCUT2D eigenvalue weighted by Gasteiger charge is -2.40. The van der Waals surface area contributed by atoms with Crippen LogP contribution in [0.4, 0.5) is 0 Å². The Morgan fingerprint density at radius 1 is 1.39 bits per heavy atom. The van der Waals surface area contributed by atoms with Gasteiger partial charge in [0.15, 0.2) is 0 Å². The molecule has 0 spiro atoms. The number of carbonyl (C=O) groups excluding carboxylic acids is 1. The third kappa shape index (κ3) is 3.12. The lowest BCUT2D eigenvalue weighted by molar-refractivity contribution is -0.149. The summed E-state index contributed by atoms with van der Waals surface area (Å²) in [6.45, 7) is 5.74. The van der Waals surface area contributed by atoms with Crippen molar-refractivity contribution in [1.82, 2.24) is 14.5 Å². The van der Waals surface area contributed by atoms with E-state index in [0.717, 1.165) is 6.42 Å². The summed E-state index contributed by atoms with van der Waals surface area (Å²) >= 11 is 0. The standard InChI is InChI=1S/C17H21N3O3/c1-3-17(2)12-19(8-9-23-17)16(22)11-20-14-7-5-4-6-13(14)18-10-15(20)21/h4-7,10H,3,8-9,11-12H2,1-2H3. The summed E-state index contributed by atoms with van der Waals surface area (Å²) < 4.78 is 7.26. The molecule has 1 aromatic heterocycles. The molecule has 6 nitrogen and oxygen atoms in total. The van der Waals surface area contributed by atoms with Crippen molar-refractivity contribution in [2.24, 2.45) is 0 Å². The number of morpholine rings is 1. The third-order valence-corrected chi connectivity index (χ3v) is 4.48. The third-order valence-electron chi connectivity index (χ3n) is 4.48. The predicted octanol–water partition coefficient (Wildman–Crippen LogP) is 1.42. The van der Waals surface area contributed by atoms with E-state index in [4.69, 9.17) is 4.74 Å². The van der Waals surface area contributed by atoms with Crippen molar-refractivity contribution in [3.63, 3.8) is 0 Å². The predicted molar refractivity (Wildman–Crippen MR) is 87.2 cm³/mol. The summed E-state index contributed by atoms with van der Waals surface area (Å²) in [5, 5.41) is 0. The molecule has 1 aromatic carbocycles. The van der Waals surface area contributed by atoms with Crippen LogP contribution < -0.4 is 5.56 Å². The van der Waals surface area contributed by atoms with Crippen molar-refractivity contribution in [2.45, 2.75) is 32.4 Å². The molecular formula is C17H21N3O3. The molecule has 1 aliphatic heterocycles. The molecule has 0 N–H and O–H groups in total. The minimum Gasteiger partial charge on any atom is -0.372 e. The van der Waals surface area contributed by atoms with Gasteiger partial charge in [-0.15, -0.1) is 0 Å². The molecule has 2 aromatic rings. The Bertz CT molecular complexity index is 786. The summed E-state index contributed by atoms with van der Waals surface area (Å²) in [6.07, 6.45) is 2.11. The highest BCUT2D eigenvalue weighted by molar-refractivity contribution is 5.80. The first-order valence-electron chi connectivity index (χ1n) is 7.89. The van der Waals surface area contributed by atoms with Gasteiger partial charge in [-0.25, -0.2) is 4.98 Å². The van der Waals surface area contributed by atoms with E-state index in [0.29, 0.717) is 30.7 Å². The second-order valence-electron chi connectivity index (χ2n) is 6.14. The van der Waals surface area contributed by atoms with Crippen LogP contribution in [0.15, 0.2) is 35.3 Å². The highest BCUT2D eigenvalue weighted by Crippen LogP contribution is 2.21. The maximum atomic E-state index is 12.7. The van der Waals surface area contributed by atoms with Crippen LogP contribution in [0.3, 0.4) is 0 Å². The van der Waals surface area contributed by atoms with Gasteiger partial charge >= 0.3 is 0 Å². The second kappa shape index (κ2) is 6.12. The van der Waals surface area contributed by atoms with E-state index in [1.807, 2.05) is 31.2 Å². The van der Waals surface area contributed by atoms with Crippen molar-refractivity contribution in [1.29, 1.82) is 0 Å². The summed E-state index contributed by atoms with van der Waals surface area (Å²) in [4.78, 5) is 30.7. The van der Waals surface area contributed by atoms with E-state index < -0.39 is 0 Å². The minimum atomic E-state index is -0.306. The number of aromatic nitrogens is 2. The number of carbonyl (C=O) groups is 1. The number of fused-ring (bicyclic) bond motifs is 1. The Balaban J connectivity index is 1.86. The molecule has 0 bridgehead atoms. The maximum Gasteiger partial charge on any atom is 0.269 e. The van der Waals surface area contributed by atoms with Gasteiger partial charge in [0.05, 0.1) is 29.4 Å². The van der Waals surface area contributed by atoms with Crippen LogP contribution in [-0.4, -0.2) is 45.7 Å². The van der Waals surface area contributed by atoms with Crippen molar-refractivity contribution >= 4 is 16.9 Å². The van der Waals surface area contributed by atoms with Gasteiger partial charge in [-0.2, -0.15) is 0 Å². The van der Waals surface area contributed by atoms with Crippen molar-refractivity contribution in [2.75, 3.05) is 19.7 Å². The quantitative estimate of drug-likeness (QED) is 0.859. The van der Waals surface area contributed by atoms with Gasteiger partial charge in [-0.1, -0.05) is 19.1 Å². The molecule has 0 aliphatic carbocycles. The highest BCUT2D eigenvalue weighted by atomic mass is 16.5. The van der Waals surface area contributed by atoms with E-state index in [9.17, 15) is 9.59 Å². The van der Waals surface area contributed by atoms with E-state index in [-0.39, 0.29) is 23.6 Å².